The third-order valence-corrected chi connectivity index (χ3v) is 1.97. The molecule has 0 saturated carbocycles. The smallest absolute Gasteiger partial charge is 0.153 e. The molecule has 0 radical (unpaired) electrons. The lowest BCUT2D eigenvalue weighted by molar-refractivity contribution is 0.160. The molecule has 0 fully saturated rings. The molecule has 1 rings (SSSR count). The van der Waals surface area contributed by atoms with Crippen molar-refractivity contribution >= 4 is 0 Å². The van der Waals surface area contributed by atoms with E-state index in [1.807, 2.05) is 37.3 Å². The van der Waals surface area contributed by atoms with E-state index in [0.29, 0.717) is 0 Å². The quantitative estimate of drug-likeness (QED) is 0.541. The third kappa shape index (κ3) is 3.50. The fourth-order valence-electron chi connectivity index (χ4n) is 1.25. The van der Waals surface area contributed by atoms with Crippen LogP contribution >= 0.6 is 0 Å². The van der Waals surface area contributed by atoms with Crippen LogP contribution in [-0.4, -0.2) is 13.2 Å². The SMILES string of the molecule is C=C/C=C(/OC)[C@@H](C)Oc1ccccc1. The van der Waals surface area contributed by atoms with Crippen LogP contribution in [0.5, 0.6) is 5.75 Å². The van der Waals surface area contributed by atoms with Gasteiger partial charge in [-0.15, -0.1) is 0 Å². The lowest BCUT2D eigenvalue weighted by Gasteiger charge is -2.16. The van der Waals surface area contributed by atoms with Crippen molar-refractivity contribution in [3.05, 3.63) is 54.8 Å². The van der Waals surface area contributed by atoms with E-state index in [4.69, 9.17) is 9.47 Å². The highest BCUT2D eigenvalue weighted by Crippen LogP contribution is 2.15. The second-order valence-corrected chi connectivity index (χ2v) is 3.08. The Kier molecular flexibility index (Phi) is 4.48. The van der Waals surface area contributed by atoms with Gasteiger partial charge in [-0.1, -0.05) is 30.9 Å². The van der Waals surface area contributed by atoms with Crippen molar-refractivity contribution < 1.29 is 9.47 Å². The monoisotopic (exact) mass is 204 g/mol. The van der Waals surface area contributed by atoms with Gasteiger partial charge in [-0.05, 0) is 25.1 Å². The van der Waals surface area contributed by atoms with Gasteiger partial charge >= 0.3 is 0 Å². The minimum absolute atomic E-state index is 0.115. The summed E-state index contributed by atoms with van der Waals surface area (Å²) in [4.78, 5) is 0. The van der Waals surface area contributed by atoms with E-state index in [1.165, 1.54) is 0 Å². The van der Waals surface area contributed by atoms with Gasteiger partial charge < -0.3 is 9.47 Å². The second-order valence-electron chi connectivity index (χ2n) is 3.08. The van der Waals surface area contributed by atoms with Crippen molar-refractivity contribution in [3.63, 3.8) is 0 Å². The molecule has 0 heterocycles. The van der Waals surface area contributed by atoms with E-state index in [9.17, 15) is 0 Å². The molecule has 1 aromatic rings. The van der Waals surface area contributed by atoms with Crippen LogP contribution in [0, 0.1) is 0 Å². The van der Waals surface area contributed by atoms with Crippen molar-refractivity contribution in [2.24, 2.45) is 0 Å². The van der Waals surface area contributed by atoms with Gasteiger partial charge in [0.15, 0.2) is 6.10 Å². The number of methoxy groups -OCH3 is 1. The summed E-state index contributed by atoms with van der Waals surface area (Å²) in [5.74, 6) is 1.59. The van der Waals surface area contributed by atoms with Crippen LogP contribution in [0.2, 0.25) is 0 Å². The summed E-state index contributed by atoms with van der Waals surface area (Å²) >= 11 is 0. The fourth-order valence-corrected chi connectivity index (χ4v) is 1.25. The van der Waals surface area contributed by atoms with E-state index in [0.717, 1.165) is 11.5 Å². The summed E-state index contributed by atoms with van der Waals surface area (Å²) in [5, 5.41) is 0. The van der Waals surface area contributed by atoms with Gasteiger partial charge in [0, 0.05) is 0 Å². The molecular weight excluding hydrogens is 188 g/mol. The Labute approximate surface area is 90.8 Å². The average molecular weight is 204 g/mol. The van der Waals surface area contributed by atoms with Gasteiger partial charge in [-0.25, -0.2) is 0 Å². The first kappa shape index (κ1) is 11.4. The lowest BCUT2D eigenvalue weighted by atomic mass is 10.3. The number of ether oxygens (including phenoxy) is 2. The van der Waals surface area contributed by atoms with Crippen LogP contribution in [-0.2, 0) is 4.74 Å². The molecule has 1 atom stereocenters. The van der Waals surface area contributed by atoms with E-state index in [1.54, 1.807) is 19.3 Å². The summed E-state index contributed by atoms with van der Waals surface area (Å²) in [5.41, 5.74) is 0. The summed E-state index contributed by atoms with van der Waals surface area (Å²) in [6.07, 6.45) is 3.37. The van der Waals surface area contributed by atoms with Crippen LogP contribution in [0.25, 0.3) is 0 Å². The maximum Gasteiger partial charge on any atom is 0.153 e. The maximum absolute atomic E-state index is 5.68. The number of hydrogen-bond donors (Lipinski definition) is 0. The number of para-hydroxylation sites is 1. The number of rotatable bonds is 5. The fraction of sp³-hybridized carbons (Fsp3) is 0.231. The van der Waals surface area contributed by atoms with Crippen LogP contribution in [0.15, 0.2) is 54.8 Å². The van der Waals surface area contributed by atoms with Crippen molar-refractivity contribution in [2.75, 3.05) is 7.11 Å². The predicted octanol–water partition coefficient (Wildman–Crippen LogP) is 3.17. The molecule has 0 aromatic heterocycles. The molecular formula is C13H16O2. The maximum atomic E-state index is 5.68. The zero-order valence-corrected chi connectivity index (χ0v) is 9.14. The Morgan fingerprint density at radius 2 is 2.00 bits per heavy atom. The first-order valence-electron chi connectivity index (χ1n) is 4.86. The lowest BCUT2D eigenvalue weighted by Crippen LogP contribution is -2.16. The molecule has 0 N–H and O–H groups in total. The Morgan fingerprint density at radius 3 is 2.53 bits per heavy atom. The summed E-state index contributed by atoms with van der Waals surface area (Å²) < 4.78 is 10.9. The molecule has 0 aliphatic heterocycles. The molecule has 0 unspecified atom stereocenters. The molecule has 2 nitrogen and oxygen atoms in total. The van der Waals surface area contributed by atoms with Gasteiger partial charge in [0.25, 0.3) is 0 Å². The van der Waals surface area contributed by atoms with Crippen LogP contribution in [0.4, 0.5) is 0 Å². The first-order valence-corrected chi connectivity index (χ1v) is 4.86. The van der Waals surface area contributed by atoms with Gasteiger partial charge in [0.1, 0.15) is 11.5 Å². The molecule has 0 amide bonds. The molecule has 15 heavy (non-hydrogen) atoms. The highest BCUT2D eigenvalue weighted by Gasteiger charge is 2.09. The normalized spacial score (nSPS) is 13.1. The summed E-state index contributed by atoms with van der Waals surface area (Å²) in [7, 11) is 1.63. The topological polar surface area (TPSA) is 18.5 Å². The predicted molar refractivity (Wildman–Crippen MR) is 61.8 cm³/mol. The Hall–Kier alpha value is -1.70. The molecule has 0 saturated heterocycles. The highest BCUT2D eigenvalue weighted by molar-refractivity contribution is 5.22. The Bertz CT molecular complexity index is 328. The molecule has 0 aliphatic carbocycles. The Balaban J connectivity index is 2.66. The average Bonchev–Trinajstić information content (AvgIpc) is 2.27. The number of benzene rings is 1. The molecule has 80 valence electrons. The van der Waals surface area contributed by atoms with Crippen LogP contribution < -0.4 is 4.74 Å². The minimum atomic E-state index is -0.115. The molecule has 0 aliphatic rings. The van der Waals surface area contributed by atoms with Gasteiger partial charge in [-0.2, -0.15) is 0 Å². The number of hydrogen-bond acceptors (Lipinski definition) is 2. The van der Waals surface area contributed by atoms with Gasteiger partial charge in [0.05, 0.1) is 7.11 Å². The van der Waals surface area contributed by atoms with Crippen molar-refractivity contribution in [3.8, 4) is 5.75 Å². The van der Waals surface area contributed by atoms with Crippen molar-refractivity contribution in [1.29, 1.82) is 0 Å². The van der Waals surface area contributed by atoms with Gasteiger partial charge in [-0.3, -0.25) is 0 Å². The third-order valence-electron chi connectivity index (χ3n) is 1.97. The van der Waals surface area contributed by atoms with E-state index < -0.39 is 0 Å². The van der Waals surface area contributed by atoms with Gasteiger partial charge in [0.2, 0.25) is 0 Å². The molecule has 1 aromatic carbocycles. The standard InChI is InChI=1S/C13H16O2/c1-4-8-13(14-3)11(2)15-12-9-6-5-7-10-12/h4-11H,1H2,2-3H3/b13-8+/t11-/m1/s1. The number of allylic oxidation sites excluding steroid dienone is 2. The Morgan fingerprint density at radius 1 is 1.33 bits per heavy atom. The summed E-state index contributed by atoms with van der Waals surface area (Å²) in [6, 6.07) is 9.65. The zero-order chi connectivity index (χ0) is 11.1. The first-order chi connectivity index (χ1) is 7.27. The highest BCUT2D eigenvalue weighted by atomic mass is 16.5. The van der Waals surface area contributed by atoms with Crippen molar-refractivity contribution in [1.82, 2.24) is 0 Å². The largest absolute Gasteiger partial charge is 0.497 e. The van der Waals surface area contributed by atoms with Crippen LogP contribution in [0.3, 0.4) is 0 Å². The zero-order valence-electron chi connectivity index (χ0n) is 9.14. The summed E-state index contributed by atoms with van der Waals surface area (Å²) in [6.45, 7) is 5.56. The molecule has 2 heteroatoms. The minimum Gasteiger partial charge on any atom is -0.497 e. The van der Waals surface area contributed by atoms with E-state index in [2.05, 4.69) is 6.58 Å². The van der Waals surface area contributed by atoms with E-state index >= 15 is 0 Å². The van der Waals surface area contributed by atoms with Crippen LogP contribution in [0.1, 0.15) is 6.92 Å². The second kappa shape index (κ2) is 5.91. The molecule has 0 bridgehead atoms. The van der Waals surface area contributed by atoms with E-state index in [-0.39, 0.29) is 6.10 Å². The van der Waals surface area contributed by atoms with Crippen molar-refractivity contribution in [2.45, 2.75) is 13.0 Å². The molecule has 0 spiro atoms.